The van der Waals surface area contributed by atoms with Crippen molar-refractivity contribution in [1.82, 2.24) is 20.6 Å². The lowest BCUT2D eigenvalue weighted by molar-refractivity contribution is 0.0691. The van der Waals surface area contributed by atoms with Crippen molar-refractivity contribution in [2.45, 2.75) is 0 Å². The minimum Gasteiger partial charge on any atom is -0.476 e. The van der Waals surface area contributed by atoms with Crippen LogP contribution in [0.5, 0.6) is 0 Å². The van der Waals surface area contributed by atoms with Crippen molar-refractivity contribution in [3.63, 3.8) is 0 Å². The largest absolute Gasteiger partial charge is 0.476 e. The molecule has 0 atom stereocenters. The summed E-state index contributed by atoms with van der Waals surface area (Å²) < 4.78 is 4.55. The third-order valence-corrected chi connectivity index (χ3v) is 1.46. The maximum absolute atomic E-state index is 10.6. The molecule has 0 saturated heterocycles. The number of carboxylic acid groups (broad SMARTS) is 1. The number of hydrogen-bond acceptors (Lipinski definition) is 5. The van der Waals surface area contributed by atoms with Crippen LogP contribution < -0.4 is 0 Å². The maximum atomic E-state index is 10.6. The Hall–Kier alpha value is -2.18. The molecule has 13 heavy (non-hydrogen) atoms. The summed E-state index contributed by atoms with van der Waals surface area (Å²) in [6, 6.07) is 0. The number of nitrogens with one attached hydrogen (secondary N) is 1. The van der Waals surface area contributed by atoms with Gasteiger partial charge in [-0.2, -0.15) is 10.3 Å². The van der Waals surface area contributed by atoms with E-state index in [1.807, 2.05) is 0 Å². The van der Waals surface area contributed by atoms with Crippen LogP contribution in [0.25, 0.3) is 11.3 Å². The van der Waals surface area contributed by atoms with Gasteiger partial charge in [-0.1, -0.05) is 5.16 Å². The summed E-state index contributed by atoms with van der Waals surface area (Å²) in [5.74, 6) is -1.15. The molecule has 0 aliphatic heterocycles. The van der Waals surface area contributed by atoms with Crippen molar-refractivity contribution < 1.29 is 14.4 Å². The number of carbonyl (C=O) groups is 1. The van der Waals surface area contributed by atoms with E-state index in [4.69, 9.17) is 5.11 Å². The zero-order valence-electron chi connectivity index (χ0n) is 6.26. The van der Waals surface area contributed by atoms with Crippen molar-refractivity contribution in [2.24, 2.45) is 0 Å². The van der Waals surface area contributed by atoms with Crippen LogP contribution in [0, 0.1) is 0 Å². The average molecular weight is 180 g/mol. The Kier molecular flexibility index (Phi) is 1.55. The summed E-state index contributed by atoms with van der Waals surface area (Å²) in [5, 5.41) is 21.5. The number of rotatable bonds is 2. The Labute approximate surface area is 71.4 Å². The number of aromatic amines is 1. The molecule has 0 unspecified atom stereocenters. The number of H-pyrrole nitrogens is 1. The normalized spacial score (nSPS) is 10.2. The van der Waals surface area contributed by atoms with Gasteiger partial charge in [0.15, 0.2) is 5.69 Å². The van der Waals surface area contributed by atoms with Crippen LogP contribution in [0.1, 0.15) is 10.5 Å². The quantitative estimate of drug-likeness (QED) is 0.681. The second-order valence-electron chi connectivity index (χ2n) is 2.24. The van der Waals surface area contributed by atoms with Gasteiger partial charge in [0.05, 0.1) is 11.8 Å². The predicted molar refractivity (Wildman–Crippen MR) is 38.8 cm³/mol. The molecule has 2 aromatic heterocycles. The first-order chi connectivity index (χ1) is 6.29. The van der Waals surface area contributed by atoms with Gasteiger partial charge in [0.25, 0.3) is 0 Å². The van der Waals surface area contributed by atoms with E-state index in [1.165, 1.54) is 12.5 Å². The number of hydrogen-bond donors (Lipinski definition) is 2. The van der Waals surface area contributed by atoms with Crippen LogP contribution in [0.15, 0.2) is 17.0 Å². The summed E-state index contributed by atoms with van der Waals surface area (Å²) in [4.78, 5) is 10.6. The van der Waals surface area contributed by atoms with Crippen molar-refractivity contribution in [2.75, 3.05) is 0 Å². The van der Waals surface area contributed by atoms with E-state index in [-0.39, 0.29) is 11.4 Å². The van der Waals surface area contributed by atoms with Crippen molar-refractivity contribution in [3.8, 4) is 11.3 Å². The van der Waals surface area contributed by atoms with Crippen LogP contribution in [0.3, 0.4) is 0 Å². The molecule has 2 heterocycles. The summed E-state index contributed by atoms with van der Waals surface area (Å²) in [6.45, 7) is 0. The topological polar surface area (TPSA) is 105 Å². The van der Waals surface area contributed by atoms with Crippen LogP contribution in [-0.4, -0.2) is 31.6 Å². The zero-order chi connectivity index (χ0) is 9.26. The number of carboxylic acids is 1. The Morgan fingerprint density at radius 1 is 1.54 bits per heavy atom. The van der Waals surface area contributed by atoms with Gasteiger partial charge in [-0.3, -0.25) is 0 Å². The summed E-state index contributed by atoms with van der Waals surface area (Å²) in [5.41, 5.74) is 0.545. The Balaban J connectivity index is 2.52. The maximum Gasteiger partial charge on any atom is 0.358 e. The summed E-state index contributed by atoms with van der Waals surface area (Å²) in [6.07, 6.45) is 2.66. The van der Waals surface area contributed by atoms with Crippen molar-refractivity contribution >= 4 is 5.97 Å². The molecule has 7 nitrogen and oxygen atoms in total. The average Bonchev–Trinajstić information content (AvgIpc) is 2.74. The minimum atomic E-state index is -1.15. The Bertz CT molecular complexity index is 419. The lowest BCUT2D eigenvalue weighted by atomic mass is 10.2. The molecule has 2 rings (SSSR count). The molecule has 0 saturated carbocycles. The number of aromatic nitrogens is 4. The Morgan fingerprint density at radius 2 is 2.38 bits per heavy atom. The molecule has 0 aliphatic rings. The van der Waals surface area contributed by atoms with E-state index in [0.717, 1.165) is 0 Å². The number of aromatic carboxylic acids is 1. The molecule has 0 fully saturated rings. The standard InChI is InChI=1S/C6H4N4O3/c11-6(12)5-4(8-10-9-5)3-1-7-13-2-3/h1-2H,(H,11,12)(H,8,9,10). The van der Waals surface area contributed by atoms with Gasteiger partial charge in [-0.05, 0) is 0 Å². The van der Waals surface area contributed by atoms with E-state index in [9.17, 15) is 4.79 Å². The third kappa shape index (κ3) is 1.15. The molecule has 0 spiro atoms. The molecular weight excluding hydrogens is 176 g/mol. The monoisotopic (exact) mass is 180 g/mol. The summed E-state index contributed by atoms with van der Waals surface area (Å²) in [7, 11) is 0. The van der Waals surface area contributed by atoms with Crippen LogP contribution >= 0.6 is 0 Å². The van der Waals surface area contributed by atoms with Gasteiger partial charge in [-0.25, -0.2) is 4.79 Å². The first-order valence-electron chi connectivity index (χ1n) is 3.33. The molecule has 66 valence electrons. The molecular formula is C6H4N4O3. The van der Waals surface area contributed by atoms with Crippen LogP contribution in [0.4, 0.5) is 0 Å². The number of nitrogens with zero attached hydrogens (tertiary/aromatic N) is 3. The van der Waals surface area contributed by atoms with Gasteiger partial charge < -0.3 is 9.63 Å². The smallest absolute Gasteiger partial charge is 0.358 e. The molecule has 2 N–H and O–H groups in total. The highest BCUT2D eigenvalue weighted by Gasteiger charge is 2.17. The second-order valence-corrected chi connectivity index (χ2v) is 2.24. The first kappa shape index (κ1) is 7.47. The van der Waals surface area contributed by atoms with Crippen molar-refractivity contribution in [1.29, 1.82) is 0 Å². The highest BCUT2D eigenvalue weighted by atomic mass is 16.5. The Morgan fingerprint density at radius 3 is 3.00 bits per heavy atom. The predicted octanol–water partition coefficient (Wildman–Crippen LogP) is 0.158. The molecule has 2 aromatic rings. The van der Waals surface area contributed by atoms with Crippen molar-refractivity contribution in [3.05, 3.63) is 18.2 Å². The third-order valence-electron chi connectivity index (χ3n) is 1.46. The summed E-state index contributed by atoms with van der Waals surface area (Å²) >= 11 is 0. The molecule has 0 bridgehead atoms. The molecule has 0 radical (unpaired) electrons. The van der Waals surface area contributed by atoms with Crippen LogP contribution in [0.2, 0.25) is 0 Å². The van der Waals surface area contributed by atoms with Gasteiger partial charge in [0, 0.05) is 0 Å². The second kappa shape index (κ2) is 2.70. The highest BCUT2D eigenvalue weighted by Crippen LogP contribution is 2.17. The van der Waals surface area contributed by atoms with E-state index < -0.39 is 5.97 Å². The van der Waals surface area contributed by atoms with E-state index >= 15 is 0 Å². The zero-order valence-corrected chi connectivity index (χ0v) is 6.26. The van der Waals surface area contributed by atoms with Crippen LogP contribution in [-0.2, 0) is 0 Å². The lowest BCUT2D eigenvalue weighted by Crippen LogP contribution is -1.98. The fourth-order valence-electron chi connectivity index (χ4n) is 0.903. The molecule has 0 amide bonds. The minimum absolute atomic E-state index is 0.150. The fourth-order valence-corrected chi connectivity index (χ4v) is 0.903. The molecule has 0 aromatic carbocycles. The highest BCUT2D eigenvalue weighted by molar-refractivity contribution is 5.92. The van der Waals surface area contributed by atoms with Gasteiger partial charge in [-0.15, -0.1) is 5.10 Å². The SMILES string of the molecule is O=C(O)c1n[nH]nc1-c1cnoc1. The fraction of sp³-hybridized carbons (Fsp3) is 0. The van der Waals surface area contributed by atoms with Gasteiger partial charge in [0.2, 0.25) is 0 Å². The van der Waals surface area contributed by atoms with E-state index in [0.29, 0.717) is 5.56 Å². The van der Waals surface area contributed by atoms with E-state index in [1.54, 1.807) is 0 Å². The first-order valence-corrected chi connectivity index (χ1v) is 3.33. The molecule has 0 aliphatic carbocycles. The van der Waals surface area contributed by atoms with Gasteiger partial charge >= 0.3 is 5.97 Å². The van der Waals surface area contributed by atoms with Gasteiger partial charge in [0.1, 0.15) is 12.0 Å². The lowest BCUT2D eigenvalue weighted by Gasteiger charge is -1.88. The molecule has 7 heteroatoms. The van der Waals surface area contributed by atoms with E-state index in [2.05, 4.69) is 25.1 Å².